The number of halogens is 2. The first-order valence-corrected chi connectivity index (χ1v) is 10.3. The summed E-state index contributed by atoms with van der Waals surface area (Å²) >= 11 is 12.1. The average molecular weight is 436 g/mol. The Hall–Kier alpha value is -2.25. The van der Waals surface area contributed by atoms with Crippen molar-refractivity contribution < 1.29 is 9.59 Å². The molecule has 0 atom stereocenters. The minimum atomic E-state index is -0.588. The number of aromatic nitrogens is 2. The molecule has 4 rings (SSSR count). The van der Waals surface area contributed by atoms with Gasteiger partial charge in [-0.05, 0) is 30.4 Å². The van der Waals surface area contributed by atoms with Gasteiger partial charge in [-0.3, -0.25) is 9.48 Å². The number of urea groups is 1. The van der Waals surface area contributed by atoms with E-state index < -0.39 is 5.91 Å². The topological polar surface area (TPSA) is 93.2 Å². The van der Waals surface area contributed by atoms with E-state index in [2.05, 4.69) is 24.3 Å². The van der Waals surface area contributed by atoms with Crippen molar-refractivity contribution in [2.45, 2.75) is 45.8 Å². The summed E-state index contributed by atoms with van der Waals surface area (Å²) < 4.78 is 1.74. The van der Waals surface area contributed by atoms with E-state index in [4.69, 9.17) is 28.9 Å². The largest absolute Gasteiger partial charge is 0.365 e. The predicted molar refractivity (Wildman–Crippen MR) is 112 cm³/mol. The molecule has 7 nitrogen and oxygen atoms in total. The summed E-state index contributed by atoms with van der Waals surface area (Å²) in [7, 11) is 0. The van der Waals surface area contributed by atoms with Crippen molar-refractivity contribution in [2.75, 3.05) is 6.54 Å². The van der Waals surface area contributed by atoms with Crippen molar-refractivity contribution >= 4 is 35.1 Å². The van der Waals surface area contributed by atoms with Crippen LogP contribution in [0.5, 0.6) is 0 Å². The summed E-state index contributed by atoms with van der Waals surface area (Å²) in [6.07, 6.45) is 1.94. The molecule has 0 spiro atoms. The molecule has 0 unspecified atom stereocenters. The Balaban J connectivity index is 1.59. The van der Waals surface area contributed by atoms with Crippen LogP contribution in [0.1, 0.15) is 42.7 Å². The molecule has 0 saturated heterocycles. The number of fused-ring (bicyclic) bond motifs is 1. The first kappa shape index (κ1) is 20.0. The van der Waals surface area contributed by atoms with Crippen LogP contribution in [-0.4, -0.2) is 39.2 Å². The fourth-order valence-corrected chi connectivity index (χ4v) is 4.54. The molecule has 1 aliphatic carbocycles. The quantitative estimate of drug-likeness (QED) is 0.769. The summed E-state index contributed by atoms with van der Waals surface area (Å²) in [5.41, 5.74) is 8.02. The normalized spacial score (nSPS) is 18.1. The Kier molecular flexibility index (Phi) is 4.99. The zero-order chi connectivity index (χ0) is 20.9. The third kappa shape index (κ3) is 3.81. The van der Waals surface area contributed by atoms with Crippen LogP contribution in [0.25, 0.3) is 11.3 Å². The number of hydrogen-bond acceptors (Lipinski definition) is 3. The molecule has 29 heavy (non-hydrogen) atoms. The van der Waals surface area contributed by atoms with Crippen molar-refractivity contribution in [3.8, 4) is 11.3 Å². The molecule has 2 heterocycles. The molecule has 9 heteroatoms. The van der Waals surface area contributed by atoms with Crippen molar-refractivity contribution in [3.05, 3.63) is 39.5 Å². The molecule has 0 bridgehead atoms. The number of benzene rings is 1. The molecule has 1 aromatic heterocycles. The van der Waals surface area contributed by atoms with E-state index in [9.17, 15) is 9.59 Å². The van der Waals surface area contributed by atoms with Crippen molar-refractivity contribution in [1.29, 1.82) is 0 Å². The molecule has 1 aliphatic heterocycles. The highest BCUT2D eigenvalue weighted by molar-refractivity contribution is 6.42. The van der Waals surface area contributed by atoms with E-state index in [-0.39, 0.29) is 24.0 Å². The maximum atomic E-state index is 12.7. The Morgan fingerprint density at radius 2 is 1.93 bits per heavy atom. The zero-order valence-corrected chi connectivity index (χ0v) is 17.8. The van der Waals surface area contributed by atoms with E-state index in [0.29, 0.717) is 45.6 Å². The molecule has 1 fully saturated rings. The minimum absolute atomic E-state index is 0.121. The number of amides is 3. The van der Waals surface area contributed by atoms with Gasteiger partial charge in [0.1, 0.15) is 5.69 Å². The molecular weight excluding hydrogens is 413 g/mol. The average Bonchev–Trinajstić information content (AvgIpc) is 3.01. The van der Waals surface area contributed by atoms with Gasteiger partial charge in [0, 0.05) is 18.2 Å². The zero-order valence-electron chi connectivity index (χ0n) is 16.3. The van der Waals surface area contributed by atoms with E-state index in [1.807, 2.05) is 0 Å². The van der Waals surface area contributed by atoms with Crippen molar-refractivity contribution in [2.24, 2.45) is 11.1 Å². The highest BCUT2D eigenvalue weighted by Gasteiger charge is 2.38. The van der Waals surface area contributed by atoms with E-state index in [1.54, 1.807) is 27.8 Å². The van der Waals surface area contributed by atoms with E-state index in [0.717, 1.165) is 12.8 Å². The number of primary amides is 1. The first-order chi connectivity index (χ1) is 13.6. The van der Waals surface area contributed by atoms with Gasteiger partial charge in [-0.1, -0.05) is 43.1 Å². The minimum Gasteiger partial charge on any atom is -0.365 e. The molecule has 3 N–H and O–H groups in total. The maximum Gasteiger partial charge on any atom is 0.318 e. The molecule has 2 aromatic rings. The Labute approximate surface area is 179 Å². The number of nitrogens with two attached hydrogens (primary N) is 1. The lowest BCUT2D eigenvalue weighted by Gasteiger charge is -2.43. The molecule has 1 saturated carbocycles. The number of carbonyl (C=O) groups excluding carboxylic acids is 2. The van der Waals surface area contributed by atoms with Gasteiger partial charge in [0.05, 0.1) is 34.4 Å². The van der Waals surface area contributed by atoms with Crippen LogP contribution in [0.3, 0.4) is 0 Å². The fourth-order valence-electron chi connectivity index (χ4n) is 4.24. The van der Waals surface area contributed by atoms with Gasteiger partial charge in [-0.2, -0.15) is 5.10 Å². The third-order valence-corrected chi connectivity index (χ3v) is 6.37. The van der Waals surface area contributed by atoms with Crippen molar-refractivity contribution in [1.82, 2.24) is 20.0 Å². The lowest BCUT2D eigenvalue weighted by molar-refractivity contribution is 0.0994. The summed E-state index contributed by atoms with van der Waals surface area (Å²) in [4.78, 5) is 26.7. The van der Waals surface area contributed by atoms with Gasteiger partial charge in [0.2, 0.25) is 0 Å². The van der Waals surface area contributed by atoms with Gasteiger partial charge >= 0.3 is 6.03 Å². The van der Waals surface area contributed by atoms with Gasteiger partial charge in [0.25, 0.3) is 5.91 Å². The van der Waals surface area contributed by atoms with Crippen LogP contribution in [0, 0.1) is 5.41 Å². The Bertz CT molecular complexity index is 993. The highest BCUT2D eigenvalue weighted by Crippen LogP contribution is 2.40. The van der Waals surface area contributed by atoms with E-state index >= 15 is 0 Å². The molecule has 154 valence electrons. The standard InChI is InChI=1S/C20H23Cl2N5O2/c1-20(2)8-12(9-20)24-19(29)26-5-6-27-15(10-26)16(18(23)28)17(25-27)11-3-4-13(21)14(22)7-11/h3-4,7,12H,5-6,8-10H2,1-2H3,(H2,23,28)(H,24,29). The number of hydrogen-bond donors (Lipinski definition) is 2. The predicted octanol–water partition coefficient (Wildman–Crippen LogP) is 3.67. The van der Waals surface area contributed by atoms with Crippen LogP contribution >= 0.6 is 23.2 Å². The molecule has 3 amide bonds. The van der Waals surface area contributed by atoms with Crippen LogP contribution < -0.4 is 11.1 Å². The smallest absolute Gasteiger partial charge is 0.318 e. The number of nitrogens with one attached hydrogen (secondary N) is 1. The van der Waals surface area contributed by atoms with Crippen molar-refractivity contribution in [3.63, 3.8) is 0 Å². The maximum absolute atomic E-state index is 12.7. The van der Waals surface area contributed by atoms with Crippen LogP contribution in [-0.2, 0) is 13.1 Å². The monoisotopic (exact) mass is 435 g/mol. The summed E-state index contributed by atoms with van der Waals surface area (Å²) in [6, 6.07) is 5.14. The summed E-state index contributed by atoms with van der Waals surface area (Å²) in [5, 5.41) is 8.44. The number of rotatable bonds is 3. The lowest BCUT2D eigenvalue weighted by atomic mass is 9.68. The molecule has 2 aliphatic rings. The summed E-state index contributed by atoms with van der Waals surface area (Å²) in [6.45, 7) is 5.66. The van der Waals surface area contributed by atoms with Crippen LogP contribution in [0.15, 0.2) is 18.2 Å². The fraction of sp³-hybridized carbons (Fsp3) is 0.450. The second kappa shape index (κ2) is 7.22. The molecule has 0 radical (unpaired) electrons. The van der Waals surface area contributed by atoms with Gasteiger partial charge in [0.15, 0.2) is 0 Å². The SMILES string of the molecule is CC1(C)CC(NC(=O)N2CCn3nc(-c4ccc(Cl)c(Cl)c4)c(C(N)=O)c3C2)C1. The van der Waals surface area contributed by atoms with Gasteiger partial charge in [-0.25, -0.2) is 4.79 Å². The number of nitrogens with zero attached hydrogens (tertiary/aromatic N) is 3. The lowest BCUT2D eigenvalue weighted by Crippen LogP contribution is -2.53. The first-order valence-electron chi connectivity index (χ1n) is 9.55. The highest BCUT2D eigenvalue weighted by atomic mass is 35.5. The second-order valence-corrected chi connectivity index (χ2v) is 9.34. The number of carbonyl (C=O) groups is 2. The Morgan fingerprint density at radius 1 is 1.21 bits per heavy atom. The van der Waals surface area contributed by atoms with Gasteiger partial charge in [-0.15, -0.1) is 0 Å². The van der Waals surface area contributed by atoms with E-state index in [1.165, 1.54) is 0 Å². The summed E-state index contributed by atoms with van der Waals surface area (Å²) in [5.74, 6) is -0.588. The molecular formula is C20H23Cl2N5O2. The molecule has 1 aromatic carbocycles. The van der Waals surface area contributed by atoms with Crippen LogP contribution in [0.2, 0.25) is 10.0 Å². The van der Waals surface area contributed by atoms with Crippen LogP contribution in [0.4, 0.5) is 4.79 Å². The second-order valence-electron chi connectivity index (χ2n) is 8.53. The van der Waals surface area contributed by atoms with Gasteiger partial charge < -0.3 is 16.0 Å². The third-order valence-electron chi connectivity index (χ3n) is 5.63. The Morgan fingerprint density at radius 3 is 2.55 bits per heavy atom.